The van der Waals surface area contributed by atoms with Crippen LogP contribution in [0.3, 0.4) is 0 Å². The Labute approximate surface area is 146 Å². The lowest BCUT2D eigenvalue weighted by Gasteiger charge is -2.10. The fourth-order valence-electron chi connectivity index (χ4n) is 2.75. The fourth-order valence-corrected chi connectivity index (χ4v) is 2.75. The maximum absolute atomic E-state index is 13.3. The number of carbonyl (C=O) groups excluding carboxylic acids is 1. The summed E-state index contributed by atoms with van der Waals surface area (Å²) in [6.45, 7) is 5.25. The third kappa shape index (κ3) is 3.39. The fraction of sp³-hybridized carbons (Fsp3) is 0.375. The van der Waals surface area contributed by atoms with Crippen LogP contribution in [-0.4, -0.2) is 30.5 Å². The average Bonchev–Trinajstić information content (AvgIpc) is 3.11. The van der Waals surface area contributed by atoms with Gasteiger partial charge in [0.25, 0.3) is 0 Å². The zero-order chi connectivity index (χ0) is 19.1. The van der Waals surface area contributed by atoms with E-state index in [0.717, 1.165) is 6.07 Å². The van der Waals surface area contributed by atoms with Crippen molar-refractivity contribution in [1.29, 1.82) is 0 Å². The van der Waals surface area contributed by atoms with Crippen molar-refractivity contribution in [2.75, 3.05) is 5.32 Å². The van der Waals surface area contributed by atoms with Crippen LogP contribution >= 0.6 is 0 Å². The Bertz CT molecular complexity index is 972. The number of carbonyl (C=O) groups is 1. The molecule has 0 saturated heterocycles. The molecule has 0 spiro atoms. The molecule has 1 N–H and O–H groups in total. The van der Waals surface area contributed by atoms with E-state index >= 15 is 0 Å². The Kier molecular flexibility index (Phi) is 4.43. The van der Waals surface area contributed by atoms with Crippen molar-refractivity contribution >= 4 is 22.6 Å². The summed E-state index contributed by atoms with van der Waals surface area (Å²) in [6, 6.07) is 0.987. The van der Waals surface area contributed by atoms with E-state index < -0.39 is 17.6 Å². The van der Waals surface area contributed by atoms with E-state index in [1.807, 2.05) is 6.92 Å². The molecule has 3 rings (SSSR count). The first kappa shape index (κ1) is 17.9. The minimum absolute atomic E-state index is 0.0363. The van der Waals surface area contributed by atoms with Crippen LogP contribution in [0, 0.1) is 13.8 Å². The highest BCUT2D eigenvalue weighted by molar-refractivity contribution is 5.91. The second kappa shape index (κ2) is 6.43. The number of halogens is 3. The smallest absolute Gasteiger partial charge is 0.322 e. The van der Waals surface area contributed by atoms with Crippen LogP contribution in [0.4, 0.5) is 18.9 Å². The highest BCUT2D eigenvalue weighted by atomic mass is 19.4. The maximum atomic E-state index is 13.3. The molecular formula is C16H17F3N6O. The predicted molar refractivity (Wildman–Crippen MR) is 88.5 cm³/mol. The van der Waals surface area contributed by atoms with E-state index in [-0.39, 0.29) is 29.0 Å². The number of hydrogen-bond acceptors (Lipinski definition) is 4. The predicted octanol–water partition coefficient (Wildman–Crippen LogP) is 2.92. The molecule has 0 radical (unpaired) electrons. The van der Waals surface area contributed by atoms with Gasteiger partial charge in [0.15, 0.2) is 5.65 Å². The summed E-state index contributed by atoms with van der Waals surface area (Å²) in [5.74, 6) is -0.429. The number of aromatic nitrogens is 5. The monoisotopic (exact) mass is 366 g/mol. The summed E-state index contributed by atoms with van der Waals surface area (Å²) in [5.41, 5.74) is 0.120. The SMILES string of the molecule is CCn1cc(NC(=O)Cn2nc(C)c3c(C(F)(F)F)cc(C)nc32)cn1. The van der Waals surface area contributed by atoms with Crippen LogP contribution in [0.2, 0.25) is 0 Å². The van der Waals surface area contributed by atoms with Gasteiger partial charge in [0, 0.05) is 18.4 Å². The van der Waals surface area contributed by atoms with Gasteiger partial charge in [-0.05, 0) is 26.8 Å². The second-order valence-corrected chi connectivity index (χ2v) is 5.88. The zero-order valence-corrected chi connectivity index (χ0v) is 14.4. The Hall–Kier alpha value is -2.91. The molecule has 0 saturated carbocycles. The molecule has 1 amide bonds. The summed E-state index contributed by atoms with van der Waals surface area (Å²) in [5, 5.41) is 10.7. The van der Waals surface area contributed by atoms with Crippen LogP contribution in [0.5, 0.6) is 0 Å². The minimum Gasteiger partial charge on any atom is -0.322 e. The van der Waals surface area contributed by atoms with Gasteiger partial charge in [-0.1, -0.05) is 0 Å². The van der Waals surface area contributed by atoms with Crippen LogP contribution in [0.25, 0.3) is 11.0 Å². The molecular weight excluding hydrogens is 349 g/mol. The zero-order valence-electron chi connectivity index (χ0n) is 14.4. The van der Waals surface area contributed by atoms with Gasteiger partial charge in [0.1, 0.15) is 6.54 Å². The largest absolute Gasteiger partial charge is 0.417 e. The van der Waals surface area contributed by atoms with E-state index in [0.29, 0.717) is 12.2 Å². The van der Waals surface area contributed by atoms with Crippen LogP contribution in [0.15, 0.2) is 18.5 Å². The van der Waals surface area contributed by atoms with Crippen molar-refractivity contribution in [3.8, 4) is 0 Å². The normalized spacial score (nSPS) is 11.9. The lowest BCUT2D eigenvalue weighted by molar-refractivity contribution is -0.136. The van der Waals surface area contributed by atoms with Crippen molar-refractivity contribution in [1.82, 2.24) is 24.5 Å². The number of alkyl halides is 3. The molecule has 3 aromatic rings. The lowest BCUT2D eigenvalue weighted by Crippen LogP contribution is -2.19. The van der Waals surface area contributed by atoms with E-state index in [4.69, 9.17) is 0 Å². The number of aryl methyl sites for hydroxylation is 3. The first-order chi connectivity index (χ1) is 12.2. The molecule has 0 atom stereocenters. The number of anilines is 1. The summed E-state index contributed by atoms with van der Waals surface area (Å²) in [6.07, 6.45) is -1.37. The lowest BCUT2D eigenvalue weighted by atomic mass is 10.1. The van der Waals surface area contributed by atoms with Crippen LogP contribution < -0.4 is 5.32 Å². The number of pyridine rings is 1. The van der Waals surface area contributed by atoms with Crippen molar-refractivity contribution in [3.63, 3.8) is 0 Å². The molecule has 0 aliphatic heterocycles. The third-order valence-corrected chi connectivity index (χ3v) is 3.85. The molecule has 3 aromatic heterocycles. The number of nitrogens with one attached hydrogen (secondary N) is 1. The van der Waals surface area contributed by atoms with Crippen molar-refractivity contribution in [2.45, 2.75) is 40.0 Å². The van der Waals surface area contributed by atoms with Crippen molar-refractivity contribution in [3.05, 3.63) is 35.4 Å². The Balaban J connectivity index is 1.93. The van der Waals surface area contributed by atoms with E-state index in [1.54, 1.807) is 10.9 Å². The van der Waals surface area contributed by atoms with Gasteiger partial charge in [-0.25, -0.2) is 9.67 Å². The second-order valence-electron chi connectivity index (χ2n) is 5.88. The van der Waals surface area contributed by atoms with Gasteiger partial charge in [-0.3, -0.25) is 9.48 Å². The quantitative estimate of drug-likeness (QED) is 0.770. The maximum Gasteiger partial charge on any atom is 0.417 e. The summed E-state index contributed by atoms with van der Waals surface area (Å²) >= 11 is 0. The molecule has 0 fully saturated rings. The van der Waals surface area contributed by atoms with E-state index in [2.05, 4.69) is 20.5 Å². The minimum atomic E-state index is -4.53. The molecule has 7 nitrogen and oxygen atoms in total. The summed E-state index contributed by atoms with van der Waals surface area (Å²) < 4.78 is 42.8. The topological polar surface area (TPSA) is 77.6 Å². The van der Waals surface area contributed by atoms with Gasteiger partial charge in [-0.2, -0.15) is 23.4 Å². The summed E-state index contributed by atoms with van der Waals surface area (Å²) in [4.78, 5) is 16.4. The molecule has 3 heterocycles. The molecule has 0 aromatic carbocycles. The average molecular weight is 366 g/mol. The Morgan fingerprint density at radius 1 is 1.31 bits per heavy atom. The molecule has 138 valence electrons. The van der Waals surface area contributed by atoms with Gasteiger partial charge in [-0.15, -0.1) is 0 Å². The van der Waals surface area contributed by atoms with Crippen LogP contribution in [0.1, 0.15) is 23.9 Å². The van der Waals surface area contributed by atoms with Crippen molar-refractivity contribution < 1.29 is 18.0 Å². The molecule has 0 bridgehead atoms. The summed E-state index contributed by atoms with van der Waals surface area (Å²) in [7, 11) is 0. The number of fused-ring (bicyclic) bond motifs is 1. The molecule has 0 aliphatic carbocycles. The molecule has 10 heteroatoms. The first-order valence-electron chi connectivity index (χ1n) is 7.93. The molecule has 0 aliphatic rings. The molecule has 0 unspecified atom stereocenters. The van der Waals surface area contributed by atoms with Crippen LogP contribution in [-0.2, 0) is 24.1 Å². The standard InChI is InChI=1S/C16H17F3N6O/c1-4-24-7-11(6-20-24)22-13(26)8-25-15-14(10(3)23-25)12(16(17,18)19)5-9(2)21-15/h5-7H,4,8H2,1-3H3,(H,22,26). The highest BCUT2D eigenvalue weighted by Gasteiger charge is 2.35. The van der Waals surface area contributed by atoms with Gasteiger partial charge in [0.2, 0.25) is 5.91 Å². The number of hydrogen-bond donors (Lipinski definition) is 1. The van der Waals surface area contributed by atoms with Gasteiger partial charge >= 0.3 is 6.18 Å². The molecule has 26 heavy (non-hydrogen) atoms. The highest BCUT2D eigenvalue weighted by Crippen LogP contribution is 2.36. The first-order valence-corrected chi connectivity index (χ1v) is 7.93. The third-order valence-electron chi connectivity index (χ3n) is 3.85. The van der Waals surface area contributed by atoms with Crippen molar-refractivity contribution in [2.24, 2.45) is 0 Å². The number of nitrogens with zero attached hydrogens (tertiary/aromatic N) is 5. The van der Waals surface area contributed by atoms with Gasteiger partial charge in [0.05, 0.1) is 28.5 Å². The Morgan fingerprint density at radius 2 is 2.04 bits per heavy atom. The number of rotatable bonds is 4. The van der Waals surface area contributed by atoms with E-state index in [1.165, 1.54) is 24.7 Å². The number of amides is 1. The van der Waals surface area contributed by atoms with E-state index in [9.17, 15) is 18.0 Å². The Morgan fingerprint density at radius 3 is 2.65 bits per heavy atom. The van der Waals surface area contributed by atoms with Gasteiger partial charge < -0.3 is 5.32 Å².